The van der Waals surface area contributed by atoms with Crippen molar-refractivity contribution in [2.75, 3.05) is 0 Å². The highest BCUT2D eigenvalue weighted by atomic mass is 35.5. The number of benzene rings is 2. The summed E-state index contributed by atoms with van der Waals surface area (Å²) >= 11 is 12.1. The Hall–Kier alpha value is -2.70. The molecule has 0 fully saturated rings. The third kappa shape index (κ3) is 3.92. The van der Waals surface area contributed by atoms with Crippen molar-refractivity contribution in [3.8, 4) is 0 Å². The molecule has 0 bridgehead atoms. The van der Waals surface area contributed by atoms with Gasteiger partial charge in [-0.2, -0.15) is 0 Å². The van der Waals surface area contributed by atoms with Gasteiger partial charge in [-0.1, -0.05) is 23.2 Å². The topological polar surface area (TPSA) is 71.7 Å². The molecule has 8 heteroatoms. The van der Waals surface area contributed by atoms with Gasteiger partial charge in [0.2, 0.25) is 11.5 Å². The van der Waals surface area contributed by atoms with Crippen LogP contribution in [0.25, 0.3) is 11.0 Å². The van der Waals surface area contributed by atoms with Crippen molar-refractivity contribution in [3.63, 3.8) is 0 Å². The summed E-state index contributed by atoms with van der Waals surface area (Å²) in [6, 6.07) is 9.82. The van der Waals surface area contributed by atoms with Crippen molar-refractivity contribution in [2.45, 2.75) is 6.92 Å². The van der Waals surface area contributed by atoms with E-state index in [9.17, 15) is 14.0 Å². The fourth-order valence-electron chi connectivity index (χ4n) is 2.27. The Kier molecular flexibility index (Phi) is 5.06. The third-order valence-electron chi connectivity index (χ3n) is 3.36. The molecule has 0 aliphatic rings. The van der Waals surface area contributed by atoms with E-state index >= 15 is 0 Å². The molecule has 3 rings (SSSR count). The van der Waals surface area contributed by atoms with Gasteiger partial charge in [-0.15, -0.1) is 0 Å². The minimum absolute atomic E-state index is 0.00959. The maximum atomic E-state index is 13.1. The summed E-state index contributed by atoms with van der Waals surface area (Å²) in [7, 11) is 0. The average molecular weight is 393 g/mol. The monoisotopic (exact) mass is 392 g/mol. The predicted molar refractivity (Wildman–Crippen MR) is 96.0 cm³/mol. The molecular weight excluding hydrogens is 382 g/mol. The van der Waals surface area contributed by atoms with Gasteiger partial charge in [-0.3, -0.25) is 14.9 Å². The van der Waals surface area contributed by atoms with E-state index in [1.807, 2.05) is 0 Å². The Bertz CT molecular complexity index is 1090. The molecule has 0 atom stereocenters. The van der Waals surface area contributed by atoms with Gasteiger partial charge in [0.1, 0.15) is 11.4 Å². The smallest absolute Gasteiger partial charge is 0.263 e. The van der Waals surface area contributed by atoms with Crippen LogP contribution < -0.4 is 10.9 Å². The van der Waals surface area contributed by atoms with Crippen LogP contribution in [0.15, 0.2) is 51.9 Å². The van der Waals surface area contributed by atoms with Gasteiger partial charge in [0.05, 0.1) is 10.7 Å². The highest BCUT2D eigenvalue weighted by Crippen LogP contribution is 2.27. The lowest BCUT2D eigenvalue weighted by Crippen LogP contribution is -2.32. The summed E-state index contributed by atoms with van der Waals surface area (Å²) < 4.78 is 18.8. The van der Waals surface area contributed by atoms with Crippen molar-refractivity contribution in [3.05, 3.63) is 69.4 Å². The van der Waals surface area contributed by atoms with Crippen LogP contribution in [-0.2, 0) is 4.79 Å². The summed E-state index contributed by atoms with van der Waals surface area (Å²) in [6.07, 6.45) is 0. The highest BCUT2D eigenvalue weighted by Gasteiger charge is 2.15. The van der Waals surface area contributed by atoms with Crippen LogP contribution >= 0.6 is 23.2 Å². The number of amides is 2. The summed E-state index contributed by atoms with van der Waals surface area (Å²) in [5.74, 6) is -1.65. The van der Waals surface area contributed by atoms with E-state index in [4.69, 9.17) is 27.6 Å². The Morgan fingerprint density at radius 3 is 2.46 bits per heavy atom. The maximum Gasteiger partial charge on any atom is 0.263 e. The molecule has 2 aromatic carbocycles. The standard InChI is InChI=1S/C18H11Cl2FN2O3/c1-9(24)22-17(25)14-7-10-6-11(19)8-15(20)16(10)26-18(14)23-13-4-2-12(21)3-5-13/h2-8H,1H3,(H,22,24,25). The van der Waals surface area contributed by atoms with Crippen LogP contribution in [0, 0.1) is 5.82 Å². The van der Waals surface area contributed by atoms with E-state index in [1.165, 1.54) is 43.3 Å². The van der Waals surface area contributed by atoms with E-state index in [2.05, 4.69) is 10.3 Å². The highest BCUT2D eigenvalue weighted by molar-refractivity contribution is 6.38. The zero-order valence-electron chi connectivity index (χ0n) is 13.3. The number of nitrogens with zero attached hydrogens (tertiary/aromatic N) is 1. The molecule has 0 spiro atoms. The largest absolute Gasteiger partial charge is 0.436 e. The molecule has 0 aliphatic heterocycles. The molecule has 2 amide bonds. The van der Waals surface area contributed by atoms with Crippen molar-refractivity contribution < 1.29 is 18.4 Å². The quantitative estimate of drug-likeness (QED) is 0.702. The molecule has 0 radical (unpaired) electrons. The summed E-state index contributed by atoms with van der Waals surface area (Å²) in [6.45, 7) is 1.21. The molecule has 0 unspecified atom stereocenters. The SMILES string of the molecule is CC(=O)NC(=O)c1cc2cc(Cl)cc(Cl)c2oc1=Nc1ccc(F)cc1. The van der Waals surface area contributed by atoms with Gasteiger partial charge in [0.25, 0.3) is 5.91 Å². The first-order valence-electron chi connectivity index (χ1n) is 7.38. The van der Waals surface area contributed by atoms with Crippen LogP contribution in [0.5, 0.6) is 0 Å². The van der Waals surface area contributed by atoms with Crippen LogP contribution in [0.4, 0.5) is 10.1 Å². The summed E-state index contributed by atoms with van der Waals surface area (Å²) in [5, 5.41) is 3.23. The Balaban J connectivity index is 2.28. The number of rotatable bonds is 2. The van der Waals surface area contributed by atoms with Gasteiger partial charge in [0, 0.05) is 17.3 Å². The van der Waals surface area contributed by atoms with Gasteiger partial charge in [0.15, 0.2) is 5.58 Å². The number of halogens is 3. The van der Waals surface area contributed by atoms with Crippen LogP contribution in [0.3, 0.4) is 0 Å². The maximum absolute atomic E-state index is 13.1. The normalized spacial score (nSPS) is 11.6. The number of carbonyl (C=O) groups excluding carboxylic acids is 2. The zero-order chi connectivity index (χ0) is 18.8. The number of imide groups is 1. The second-order valence-electron chi connectivity index (χ2n) is 5.37. The number of nitrogens with one attached hydrogen (secondary N) is 1. The molecule has 3 aromatic rings. The van der Waals surface area contributed by atoms with Gasteiger partial charge in [-0.25, -0.2) is 9.38 Å². The fraction of sp³-hybridized carbons (Fsp3) is 0.0556. The van der Waals surface area contributed by atoms with Gasteiger partial charge >= 0.3 is 0 Å². The van der Waals surface area contributed by atoms with E-state index in [0.717, 1.165) is 0 Å². The Morgan fingerprint density at radius 2 is 1.81 bits per heavy atom. The number of hydrogen-bond donors (Lipinski definition) is 1. The van der Waals surface area contributed by atoms with Crippen molar-refractivity contribution in [1.82, 2.24) is 5.32 Å². The Morgan fingerprint density at radius 1 is 1.12 bits per heavy atom. The van der Waals surface area contributed by atoms with E-state index < -0.39 is 17.6 Å². The van der Waals surface area contributed by atoms with Crippen LogP contribution in [-0.4, -0.2) is 11.8 Å². The van der Waals surface area contributed by atoms with Gasteiger partial charge < -0.3 is 4.42 Å². The van der Waals surface area contributed by atoms with E-state index in [-0.39, 0.29) is 21.7 Å². The fourth-order valence-corrected chi connectivity index (χ4v) is 2.82. The molecule has 0 aliphatic carbocycles. The summed E-state index contributed by atoms with van der Waals surface area (Å²) in [5.41, 5.74) is 0.565. The number of fused-ring (bicyclic) bond motifs is 1. The van der Waals surface area contributed by atoms with E-state index in [1.54, 1.807) is 6.07 Å². The Labute approximate surface area is 157 Å². The van der Waals surface area contributed by atoms with Gasteiger partial charge in [-0.05, 0) is 42.5 Å². The lowest BCUT2D eigenvalue weighted by atomic mass is 10.1. The first-order chi connectivity index (χ1) is 12.3. The lowest BCUT2D eigenvalue weighted by Gasteiger charge is -2.06. The summed E-state index contributed by atoms with van der Waals surface area (Å²) in [4.78, 5) is 27.8. The first kappa shape index (κ1) is 18.1. The first-order valence-corrected chi connectivity index (χ1v) is 8.14. The minimum Gasteiger partial charge on any atom is -0.436 e. The molecule has 1 heterocycles. The average Bonchev–Trinajstić information content (AvgIpc) is 2.56. The van der Waals surface area contributed by atoms with E-state index in [0.29, 0.717) is 16.1 Å². The predicted octanol–water partition coefficient (Wildman–Crippen LogP) is 4.39. The van der Waals surface area contributed by atoms with Crippen LogP contribution in [0.1, 0.15) is 17.3 Å². The minimum atomic E-state index is -0.694. The number of hydrogen-bond acceptors (Lipinski definition) is 4. The third-order valence-corrected chi connectivity index (χ3v) is 3.86. The molecule has 0 saturated heterocycles. The zero-order valence-corrected chi connectivity index (χ0v) is 14.9. The molecule has 132 valence electrons. The van der Waals surface area contributed by atoms with Crippen LogP contribution in [0.2, 0.25) is 10.0 Å². The van der Waals surface area contributed by atoms with Crippen molar-refractivity contribution in [1.29, 1.82) is 0 Å². The second kappa shape index (κ2) is 7.27. The lowest BCUT2D eigenvalue weighted by molar-refractivity contribution is -0.118. The molecule has 26 heavy (non-hydrogen) atoms. The molecule has 1 N–H and O–H groups in total. The van der Waals surface area contributed by atoms with Crippen molar-refractivity contribution in [2.24, 2.45) is 4.99 Å². The molecular formula is C18H11Cl2FN2O3. The number of carbonyl (C=O) groups is 2. The van der Waals surface area contributed by atoms with Crippen molar-refractivity contribution >= 4 is 51.7 Å². The molecule has 1 aromatic heterocycles. The molecule has 0 saturated carbocycles. The second-order valence-corrected chi connectivity index (χ2v) is 6.21. The molecule has 5 nitrogen and oxygen atoms in total.